The molecule has 0 saturated carbocycles. The van der Waals surface area contributed by atoms with Crippen LogP contribution in [0.2, 0.25) is 0 Å². The van der Waals surface area contributed by atoms with Crippen molar-refractivity contribution in [3.05, 3.63) is 89.5 Å². The summed E-state index contributed by atoms with van der Waals surface area (Å²) in [6.45, 7) is 7.63. The van der Waals surface area contributed by atoms with Crippen molar-refractivity contribution < 1.29 is 28.5 Å². The summed E-state index contributed by atoms with van der Waals surface area (Å²) in [6, 6.07) is 8.12. The van der Waals surface area contributed by atoms with E-state index in [1.54, 1.807) is 38.1 Å². The van der Waals surface area contributed by atoms with Crippen molar-refractivity contribution in [1.82, 2.24) is 4.57 Å². The van der Waals surface area contributed by atoms with Gasteiger partial charge in [0, 0.05) is 10.0 Å². The van der Waals surface area contributed by atoms with Gasteiger partial charge < -0.3 is 23.7 Å². The summed E-state index contributed by atoms with van der Waals surface area (Å²) in [7, 11) is 4.51. The van der Waals surface area contributed by atoms with E-state index >= 15 is 0 Å². The maximum Gasteiger partial charge on any atom is 0.338 e. The number of nitrogens with zero attached hydrogens (tertiary/aromatic N) is 2. The minimum Gasteiger partial charge on any atom is -0.493 e. The van der Waals surface area contributed by atoms with Crippen molar-refractivity contribution in [2.24, 2.45) is 4.99 Å². The van der Waals surface area contributed by atoms with Gasteiger partial charge in [0.15, 0.2) is 16.3 Å². The first-order chi connectivity index (χ1) is 19.3. The van der Waals surface area contributed by atoms with Gasteiger partial charge in [0.2, 0.25) is 5.75 Å². The normalized spacial score (nSPS) is 14.8. The van der Waals surface area contributed by atoms with Crippen molar-refractivity contribution in [3.8, 4) is 23.0 Å². The van der Waals surface area contributed by atoms with E-state index in [9.17, 15) is 9.59 Å². The zero-order valence-electron chi connectivity index (χ0n) is 22.8. The number of carbonyl (C=O) groups excluding carboxylic acids is 1. The first-order valence-corrected chi connectivity index (χ1v) is 13.9. The molecule has 1 aliphatic rings. The topological polar surface area (TPSA) is 97.6 Å². The van der Waals surface area contributed by atoms with Crippen molar-refractivity contribution >= 4 is 39.3 Å². The minimum atomic E-state index is -0.856. The highest BCUT2D eigenvalue weighted by atomic mass is 79.9. The van der Waals surface area contributed by atoms with Crippen LogP contribution >= 0.6 is 27.3 Å². The van der Waals surface area contributed by atoms with Gasteiger partial charge in [-0.3, -0.25) is 9.36 Å². The van der Waals surface area contributed by atoms with Crippen molar-refractivity contribution in [2.45, 2.75) is 19.9 Å². The number of halogens is 1. The predicted octanol–water partition coefficient (Wildman–Crippen LogP) is 4.15. The summed E-state index contributed by atoms with van der Waals surface area (Å²) in [6.07, 6.45) is 3.40. The standard InChI is InChI=1S/C29H29BrN2O7S/c1-7-11-39-20-10-9-19(30)12-17(20)15-23-27(33)32-25(18-13-21(35-4)26(37-6)22(14-18)36-5)24(28(34)38-8-2)16(3)31-29(32)40-23/h7,9-10,12-15,25H,1,8,11H2,2-6H3/b23-15-/t25-/m0/s1. The molecule has 0 amide bonds. The Bertz CT molecular complexity index is 1650. The van der Waals surface area contributed by atoms with E-state index in [2.05, 4.69) is 27.5 Å². The zero-order chi connectivity index (χ0) is 29.0. The molecular weight excluding hydrogens is 600 g/mol. The third kappa shape index (κ3) is 5.57. The SMILES string of the molecule is C=CCOc1ccc(Br)cc1/C=c1\sc2n(c1=O)[C@@H](c1cc(OC)c(OC)c(OC)c1)C(C(=O)OCC)=C(C)N=2. The lowest BCUT2D eigenvalue weighted by atomic mass is 9.95. The molecule has 1 aromatic heterocycles. The Morgan fingerprint density at radius 1 is 1.12 bits per heavy atom. The number of thiazole rings is 1. The van der Waals surface area contributed by atoms with Crippen LogP contribution in [0.5, 0.6) is 23.0 Å². The fourth-order valence-corrected chi connectivity index (χ4v) is 5.84. The smallest absolute Gasteiger partial charge is 0.338 e. The van der Waals surface area contributed by atoms with Gasteiger partial charge in [-0.05, 0) is 55.8 Å². The second kappa shape index (κ2) is 12.6. The number of carbonyl (C=O) groups is 1. The molecule has 4 rings (SSSR count). The molecule has 0 fully saturated rings. The number of fused-ring (bicyclic) bond motifs is 1. The van der Waals surface area contributed by atoms with Gasteiger partial charge in [0.1, 0.15) is 12.4 Å². The molecule has 2 heterocycles. The van der Waals surface area contributed by atoms with Crippen LogP contribution < -0.4 is 33.8 Å². The van der Waals surface area contributed by atoms with Crippen molar-refractivity contribution in [1.29, 1.82) is 0 Å². The minimum absolute atomic E-state index is 0.165. The molecule has 9 nitrogen and oxygen atoms in total. The molecule has 0 spiro atoms. The van der Waals surface area contributed by atoms with Gasteiger partial charge in [-0.25, -0.2) is 9.79 Å². The zero-order valence-corrected chi connectivity index (χ0v) is 25.2. The van der Waals surface area contributed by atoms with E-state index in [-0.39, 0.29) is 17.7 Å². The second-order valence-corrected chi connectivity index (χ2v) is 10.5. The average Bonchev–Trinajstić information content (AvgIpc) is 3.24. The largest absolute Gasteiger partial charge is 0.493 e. The van der Waals surface area contributed by atoms with E-state index in [1.165, 1.54) is 37.2 Å². The molecule has 11 heteroatoms. The van der Waals surface area contributed by atoms with E-state index < -0.39 is 12.0 Å². The van der Waals surface area contributed by atoms with E-state index in [1.807, 2.05) is 18.2 Å². The monoisotopic (exact) mass is 628 g/mol. The first kappa shape index (κ1) is 29.2. The van der Waals surface area contributed by atoms with Crippen LogP contribution in [-0.4, -0.2) is 45.1 Å². The number of aromatic nitrogens is 1. The summed E-state index contributed by atoms with van der Waals surface area (Å²) < 4.78 is 30.5. The first-order valence-electron chi connectivity index (χ1n) is 12.3. The number of rotatable bonds is 10. The highest BCUT2D eigenvalue weighted by Crippen LogP contribution is 2.42. The summed E-state index contributed by atoms with van der Waals surface area (Å²) in [5.74, 6) is 1.19. The number of hydrogen-bond donors (Lipinski definition) is 0. The molecule has 210 valence electrons. The number of allylic oxidation sites excluding steroid dienone is 1. The van der Waals surface area contributed by atoms with Crippen LogP contribution in [0, 0.1) is 0 Å². The molecule has 0 unspecified atom stereocenters. The Labute approximate surface area is 243 Å². The number of methoxy groups -OCH3 is 3. The van der Waals surface area contributed by atoms with Crippen LogP contribution in [-0.2, 0) is 9.53 Å². The number of hydrogen-bond acceptors (Lipinski definition) is 9. The molecule has 0 aliphatic carbocycles. The molecule has 40 heavy (non-hydrogen) atoms. The highest BCUT2D eigenvalue weighted by Gasteiger charge is 2.34. The maximum absolute atomic E-state index is 14.0. The highest BCUT2D eigenvalue weighted by molar-refractivity contribution is 9.10. The van der Waals surface area contributed by atoms with Crippen LogP contribution in [0.4, 0.5) is 0 Å². The van der Waals surface area contributed by atoms with Gasteiger partial charge >= 0.3 is 5.97 Å². The Kier molecular flexibility index (Phi) is 9.16. The van der Waals surface area contributed by atoms with Crippen molar-refractivity contribution in [3.63, 3.8) is 0 Å². The van der Waals surface area contributed by atoms with Crippen LogP contribution in [0.1, 0.15) is 31.0 Å². The third-order valence-electron chi connectivity index (χ3n) is 6.13. The summed E-state index contributed by atoms with van der Waals surface area (Å²) in [4.78, 5) is 32.3. The van der Waals surface area contributed by atoms with Crippen molar-refractivity contribution in [2.75, 3.05) is 34.5 Å². The number of ether oxygens (including phenoxy) is 5. The van der Waals surface area contributed by atoms with Gasteiger partial charge in [0.05, 0.1) is 49.8 Å². The fraction of sp³-hybridized carbons (Fsp3) is 0.276. The summed E-state index contributed by atoms with van der Waals surface area (Å²) >= 11 is 4.71. The van der Waals surface area contributed by atoms with Gasteiger partial charge in [0.25, 0.3) is 5.56 Å². The fourth-order valence-electron chi connectivity index (χ4n) is 4.42. The molecule has 0 radical (unpaired) electrons. The van der Waals surface area contributed by atoms with Gasteiger partial charge in [-0.15, -0.1) is 0 Å². The Morgan fingerprint density at radius 2 is 1.82 bits per heavy atom. The van der Waals surface area contributed by atoms with Gasteiger partial charge in [-0.1, -0.05) is 39.9 Å². The molecule has 0 bridgehead atoms. The lowest BCUT2D eigenvalue weighted by molar-refractivity contribution is -0.139. The lowest BCUT2D eigenvalue weighted by Gasteiger charge is -2.26. The van der Waals surface area contributed by atoms with Gasteiger partial charge in [-0.2, -0.15) is 0 Å². The Hall–Kier alpha value is -3.83. The molecule has 3 aromatic rings. The number of benzene rings is 2. The molecule has 2 aromatic carbocycles. The predicted molar refractivity (Wildman–Crippen MR) is 156 cm³/mol. The maximum atomic E-state index is 14.0. The Balaban J connectivity index is 2.01. The third-order valence-corrected chi connectivity index (χ3v) is 7.61. The van der Waals surface area contributed by atoms with E-state index in [4.69, 9.17) is 23.7 Å². The quantitative estimate of drug-likeness (QED) is 0.246. The molecular formula is C29H29BrN2O7S. The Morgan fingerprint density at radius 3 is 2.42 bits per heavy atom. The lowest BCUT2D eigenvalue weighted by Crippen LogP contribution is -2.40. The number of esters is 1. The van der Waals surface area contributed by atoms with Crippen LogP contribution in [0.15, 0.2) is 68.5 Å². The summed E-state index contributed by atoms with van der Waals surface area (Å²) in [5.41, 5.74) is 1.63. The molecule has 1 atom stereocenters. The van der Waals surface area contributed by atoms with E-state index in [0.29, 0.717) is 55.8 Å². The molecule has 0 N–H and O–H groups in total. The average molecular weight is 630 g/mol. The molecule has 1 aliphatic heterocycles. The van der Waals surface area contributed by atoms with Crippen LogP contribution in [0.3, 0.4) is 0 Å². The van der Waals surface area contributed by atoms with Crippen LogP contribution in [0.25, 0.3) is 6.08 Å². The summed E-state index contributed by atoms with van der Waals surface area (Å²) in [5, 5.41) is 0. The molecule has 0 saturated heterocycles. The second-order valence-electron chi connectivity index (χ2n) is 8.54. The van der Waals surface area contributed by atoms with E-state index in [0.717, 1.165) is 4.47 Å².